The minimum Gasteiger partial charge on any atom is -0.134 e. The molecule has 0 amide bonds. The van der Waals surface area contributed by atoms with Crippen LogP contribution in [-0.4, -0.2) is 0 Å². The summed E-state index contributed by atoms with van der Waals surface area (Å²) in [5, 5.41) is 5.13. The van der Waals surface area contributed by atoms with Gasteiger partial charge in [-0.05, 0) is 105 Å². The molecule has 2 heterocycles. The van der Waals surface area contributed by atoms with E-state index in [4.69, 9.17) is 0 Å². The number of benzene rings is 6. The third kappa shape index (κ3) is 6.59. The Morgan fingerprint density at radius 3 is 1.08 bits per heavy atom. The van der Waals surface area contributed by atoms with Gasteiger partial charge in [-0.2, -0.15) is 0 Å². The Hall–Kier alpha value is -5.28. The van der Waals surface area contributed by atoms with Crippen molar-refractivity contribution in [3.05, 3.63) is 179 Å². The molecule has 0 saturated heterocycles. The normalized spacial score (nSPS) is 11.8. The number of aryl methyl sites for hydroxylation is 2. The van der Waals surface area contributed by atoms with E-state index < -0.39 is 0 Å². The maximum Gasteiger partial charge on any atom is 0.0449 e. The first-order valence-electron chi connectivity index (χ1n) is 16.3. The topological polar surface area (TPSA) is 0 Å². The highest BCUT2D eigenvalue weighted by atomic mass is 32.1. The molecule has 0 fully saturated rings. The van der Waals surface area contributed by atoms with E-state index in [2.05, 4.69) is 184 Å². The van der Waals surface area contributed by atoms with Crippen LogP contribution in [0.3, 0.4) is 0 Å². The quantitative estimate of drug-likeness (QED) is 0.151. The first kappa shape index (κ1) is 30.1. The summed E-state index contributed by atoms with van der Waals surface area (Å²) in [7, 11) is 0. The van der Waals surface area contributed by atoms with E-state index in [9.17, 15) is 0 Å². The van der Waals surface area contributed by atoms with Gasteiger partial charge in [0.25, 0.3) is 0 Å². The van der Waals surface area contributed by atoms with Crippen LogP contribution in [0.25, 0.3) is 76.5 Å². The third-order valence-corrected chi connectivity index (χ3v) is 11.3. The van der Waals surface area contributed by atoms with Crippen molar-refractivity contribution < 1.29 is 0 Å². The van der Waals surface area contributed by atoms with Crippen LogP contribution in [0.4, 0.5) is 0 Å². The van der Waals surface area contributed by atoms with Gasteiger partial charge in [-0.25, -0.2) is 0 Å². The summed E-state index contributed by atoms with van der Waals surface area (Å²) in [4.78, 5) is 5.19. The van der Waals surface area contributed by atoms with Crippen LogP contribution in [0.1, 0.15) is 33.4 Å². The second-order valence-electron chi connectivity index (χ2n) is 12.5. The van der Waals surface area contributed by atoms with Gasteiger partial charge in [-0.15, -0.1) is 22.7 Å². The maximum absolute atomic E-state index is 2.26. The predicted molar refractivity (Wildman–Crippen MR) is 214 cm³/mol. The molecule has 0 bridgehead atoms. The zero-order valence-electron chi connectivity index (χ0n) is 27.0. The molecular formula is C46H34S2. The summed E-state index contributed by atoms with van der Waals surface area (Å²) in [5.74, 6) is 0. The fourth-order valence-electron chi connectivity index (χ4n) is 6.13. The summed E-state index contributed by atoms with van der Waals surface area (Å²) < 4.78 is 0. The SMILES string of the molecule is Cc1ccc2cc(C=Cc3ccc(-c4ccc(-c5ccc(-c6ccc(C=Cc7ccc8cc(C)ccc8c7)cc6)s5)s4)cc3)ccc2c1. The van der Waals surface area contributed by atoms with Crippen LogP contribution in [0, 0.1) is 13.8 Å². The van der Waals surface area contributed by atoms with Crippen molar-refractivity contribution in [1.29, 1.82) is 0 Å². The molecule has 8 aromatic rings. The van der Waals surface area contributed by atoms with Crippen LogP contribution < -0.4 is 0 Å². The lowest BCUT2D eigenvalue weighted by Gasteiger charge is -2.02. The van der Waals surface area contributed by atoms with Crippen LogP contribution in [-0.2, 0) is 0 Å². The van der Waals surface area contributed by atoms with Gasteiger partial charge < -0.3 is 0 Å². The van der Waals surface area contributed by atoms with Crippen molar-refractivity contribution in [3.8, 4) is 30.6 Å². The first-order valence-corrected chi connectivity index (χ1v) is 17.9. The van der Waals surface area contributed by atoms with Gasteiger partial charge in [0.05, 0.1) is 0 Å². The molecule has 0 aliphatic carbocycles. The van der Waals surface area contributed by atoms with Crippen molar-refractivity contribution in [2.24, 2.45) is 0 Å². The summed E-state index contributed by atoms with van der Waals surface area (Å²) in [6.07, 6.45) is 8.78. The molecular weight excluding hydrogens is 617 g/mol. The summed E-state index contributed by atoms with van der Waals surface area (Å²) >= 11 is 3.71. The number of rotatable bonds is 7. The number of fused-ring (bicyclic) bond motifs is 2. The van der Waals surface area contributed by atoms with Crippen molar-refractivity contribution >= 4 is 68.5 Å². The van der Waals surface area contributed by atoms with Crippen LogP contribution in [0.5, 0.6) is 0 Å². The Balaban J connectivity index is 0.921. The zero-order valence-corrected chi connectivity index (χ0v) is 28.6. The van der Waals surface area contributed by atoms with Gasteiger partial charge in [-0.1, -0.05) is 145 Å². The molecule has 0 spiro atoms. The van der Waals surface area contributed by atoms with Crippen LogP contribution in [0.15, 0.2) is 146 Å². The summed E-state index contributed by atoms with van der Waals surface area (Å²) in [5.41, 5.74) is 9.93. The Morgan fingerprint density at radius 1 is 0.312 bits per heavy atom. The lowest BCUT2D eigenvalue weighted by molar-refractivity contribution is 1.50. The maximum atomic E-state index is 2.26. The zero-order chi connectivity index (χ0) is 32.5. The Morgan fingerprint density at radius 2 is 0.646 bits per heavy atom. The largest absolute Gasteiger partial charge is 0.134 e. The molecule has 0 atom stereocenters. The van der Waals surface area contributed by atoms with Gasteiger partial charge >= 0.3 is 0 Å². The second kappa shape index (κ2) is 13.1. The van der Waals surface area contributed by atoms with Crippen LogP contribution in [0.2, 0.25) is 0 Å². The van der Waals surface area contributed by atoms with Crippen molar-refractivity contribution in [3.63, 3.8) is 0 Å². The molecule has 2 heteroatoms. The van der Waals surface area contributed by atoms with E-state index in [0.29, 0.717) is 0 Å². The molecule has 0 N–H and O–H groups in total. The van der Waals surface area contributed by atoms with Crippen LogP contribution >= 0.6 is 22.7 Å². The monoisotopic (exact) mass is 650 g/mol. The third-order valence-electron chi connectivity index (χ3n) is 8.82. The second-order valence-corrected chi connectivity index (χ2v) is 14.6. The lowest BCUT2D eigenvalue weighted by atomic mass is 10.0. The van der Waals surface area contributed by atoms with Gasteiger partial charge in [0.15, 0.2) is 0 Å². The number of thiophene rings is 2. The van der Waals surface area contributed by atoms with Crippen molar-refractivity contribution in [2.45, 2.75) is 13.8 Å². The van der Waals surface area contributed by atoms with Gasteiger partial charge in [0.2, 0.25) is 0 Å². The summed E-state index contributed by atoms with van der Waals surface area (Å²) in [6.45, 7) is 4.28. The van der Waals surface area contributed by atoms with Crippen molar-refractivity contribution in [1.82, 2.24) is 0 Å². The predicted octanol–water partition coefficient (Wildman–Crippen LogP) is 14.1. The molecule has 0 unspecified atom stereocenters. The molecule has 0 nitrogen and oxygen atoms in total. The standard InChI is InChI=1S/C46H34S2/c1-31-3-15-41-29-35(13-21-39(41)27-31)7-5-33-9-17-37(18-10-33)43-23-25-45(47-43)46-26-24-44(48-46)38-19-11-34(12-20-38)6-8-36-14-22-40-28-32(2)4-16-42(40)30-36/h3-30H,1-2H3. The van der Waals surface area contributed by atoms with E-state index in [-0.39, 0.29) is 0 Å². The number of hydrogen-bond donors (Lipinski definition) is 0. The smallest absolute Gasteiger partial charge is 0.0449 e. The Bertz CT molecular complexity index is 2270. The first-order chi connectivity index (χ1) is 23.5. The highest BCUT2D eigenvalue weighted by Gasteiger charge is 2.09. The van der Waals surface area contributed by atoms with E-state index in [1.165, 1.54) is 85.6 Å². The molecule has 0 radical (unpaired) electrons. The Kier molecular flexibility index (Phi) is 8.20. The molecule has 6 aromatic carbocycles. The van der Waals surface area contributed by atoms with E-state index in [1.807, 2.05) is 22.7 Å². The van der Waals surface area contributed by atoms with Crippen molar-refractivity contribution in [2.75, 3.05) is 0 Å². The molecule has 230 valence electrons. The fourth-order valence-corrected chi connectivity index (χ4v) is 8.24. The Labute approximate surface area is 290 Å². The minimum atomic E-state index is 1.20. The highest BCUT2D eigenvalue weighted by molar-refractivity contribution is 7.25. The molecule has 48 heavy (non-hydrogen) atoms. The van der Waals surface area contributed by atoms with Gasteiger partial charge in [-0.3, -0.25) is 0 Å². The molecule has 0 aliphatic heterocycles. The molecule has 2 aromatic heterocycles. The van der Waals surface area contributed by atoms with Gasteiger partial charge in [0.1, 0.15) is 0 Å². The fraction of sp³-hybridized carbons (Fsp3) is 0.0435. The summed E-state index contributed by atoms with van der Waals surface area (Å²) in [6, 6.07) is 53.3. The van der Waals surface area contributed by atoms with E-state index >= 15 is 0 Å². The highest BCUT2D eigenvalue weighted by Crippen LogP contribution is 2.40. The van der Waals surface area contributed by atoms with E-state index in [1.54, 1.807) is 0 Å². The molecule has 8 rings (SSSR count). The molecule has 0 aliphatic rings. The van der Waals surface area contributed by atoms with E-state index in [0.717, 1.165) is 0 Å². The average Bonchev–Trinajstić information content (AvgIpc) is 3.81. The number of hydrogen-bond acceptors (Lipinski definition) is 2. The average molecular weight is 651 g/mol. The van der Waals surface area contributed by atoms with Gasteiger partial charge in [0, 0.05) is 19.5 Å². The minimum absolute atomic E-state index is 1.20. The lowest BCUT2D eigenvalue weighted by Crippen LogP contribution is -1.78. The molecule has 0 saturated carbocycles.